The zero-order valence-electron chi connectivity index (χ0n) is 13.2. The van der Waals surface area contributed by atoms with E-state index in [-0.39, 0.29) is 0 Å². The summed E-state index contributed by atoms with van der Waals surface area (Å²) in [5.74, 6) is 1.14. The maximum Gasteiger partial charge on any atom is 0.193 e. The minimum absolute atomic E-state index is 0.398. The molecule has 0 saturated heterocycles. The van der Waals surface area contributed by atoms with Crippen molar-refractivity contribution in [2.75, 3.05) is 19.0 Å². The molecule has 116 valence electrons. The van der Waals surface area contributed by atoms with Crippen LogP contribution in [0, 0.1) is 0 Å². The molecule has 0 aliphatic carbocycles. The molecule has 0 saturated carbocycles. The van der Waals surface area contributed by atoms with E-state index in [4.69, 9.17) is 10.5 Å². The number of nitrogens with one attached hydrogen (secondary N) is 1. The van der Waals surface area contributed by atoms with E-state index in [9.17, 15) is 0 Å². The van der Waals surface area contributed by atoms with Crippen LogP contribution in [0.15, 0.2) is 53.5 Å². The number of ether oxygens (including phenoxy) is 1. The van der Waals surface area contributed by atoms with Gasteiger partial charge in [-0.1, -0.05) is 43.3 Å². The molecule has 0 unspecified atom stereocenters. The Labute approximate surface area is 132 Å². The van der Waals surface area contributed by atoms with Crippen LogP contribution in [0.4, 0.5) is 5.69 Å². The van der Waals surface area contributed by atoms with E-state index >= 15 is 0 Å². The number of hydrogen-bond acceptors (Lipinski definition) is 2. The average Bonchev–Trinajstić information content (AvgIpc) is 2.56. The molecule has 0 aliphatic heterocycles. The molecular formula is C18H23N3O. The first-order valence-corrected chi connectivity index (χ1v) is 7.50. The molecule has 0 radical (unpaired) electrons. The number of nitrogens with two attached hydrogens (primary N) is 1. The molecule has 2 aromatic rings. The van der Waals surface area contributed by atoms with E-state index in [2.05, 4.69) is 41.5 Å². The van der Waals surface area contributed by atoms with Crippen molar-refractivity contribution < 1.29 is 4.74 Å². The van der Waals surface area contributed by atoms with Gasteiger partial charge in [0, 0.05) is 6.54 Å². The SMILES string of the molecule is CCc1ccc(CCN=C(N)Nc2ccccc2OC)cc1. The second kappa shape index (κ2) is 8.08. The fourth-order valence-electron chi connectivity index (χ4n) is 2.17. The molecule has 22 heavy (non-hydrogen) atoms. The van der Waals surface area contributed by atoms with Gasteiger partial charge in [0.15, 0.2) is 5.96 Å². The minimum atomic E-state index is 0.398. The lowest BCUT2D eigenvalue weighted by Crippen LogP contribution is -2.23. The second-order valence-corrected chi connectivity index (χ2v) is 5.01. The third-order valence-corrected chi connectivity index (χ3v) is 3.48. The summed E-state index contributed by atoms with van der Waals surface area (Å²) in [6.07, 6.45) is 1.94. The van der Waals surface area contributed by atoms with E-state index in [0.717, 1.165) is 24.3 Å². The lowest BCUT2D eigenvalue weighted by Gasteiger charge is -2.10. The summed E-state index contributed by atoms with van der Waals surface area (Å²) < 4.78 is 5.27. The van der Waals surface area contributed by atoms with Gasteiger partial charge in [-0.15, -0.1) is 0 Å². The standard InChI is InChI=1S/C18H23N3O/c1-3-14-8-10-15(11-9-14)12-13-20-18(19)21-16-6-4-5-7-17(16)22-2/h4-11H,3,12-13H2,1-2H3,(H3,19,20,21). The highest BCUT2D eigenvalue weighted by Gasteiger charge is 2.02. The van der Waals surface area contributed by atoms with Crippen molar-refractivity contribution in [2.24, 2.45) is 10.7 Å². The fourth-order valence-corrected chi connectivity index (χ4v) is 2.17. The van der Waals surface area contributed by atoms with Crippen LogP contribution in [0.25, 0.3) is 0 Å². The number of hydrogen-bond donors (Lipinski definition) is 2. The molecule has 0 spiro atoms. The van der Waals surface area contributed by atoms with E-state index in [0.29, 0.717) is 12.5 Å². The third-order valence-electron chi connectivity index (χ3n) is 3.48. The third kappa shape index (κ3) is 4.52. The predicted molar refractivity (Wildman–Crippen MR) is 92.6 cm³/mol. The van der Waals surface area contributed by atoms with Crippen molar-refractivity contribution in [3.05, 3.63) is 59.7 Å². The zero-order chi connectivity index (χ0) is 15.8. The van der Waals surface area contributed by atoms with Crippen molar-refractivity contribution in [3.8, 4) is 5.75 Å². The van der Waals surface area contributed by atoms with Crippen LogP contribution in [-0.4, -0.2) is 19.6 Å². The van der Waals surface area contributed by atoms with Gasteiger partial charge in [0.05, 0.1) is 12.8 Å². The highest BCUT2D eigenvalue weighted by molar-refractivity contribution is 5.93. The summed E-state index contributed by atoms with van der Waals surface area (Å²) in [6, 6.07) is 16.3. The number of benzene rings is 2. The van der Waals surface area contributed by atoms with Crippen molar-refractivity contribution in [1.82, 2.24) is 0 Å². The van der Waals surface area contributed by atoms with Crippen molar-refractivity contribution >= 4 is 11.6 Å². The number of methoxy groups -OCH3 is 1. The van der Waals surface area contributed by atoms with E-state index in [1.54, 1.807) is 7.11 Å². The van der Waals surface area contributed by atoms with E-state index in [1.165, 1.54) is 11.1 Å². The van der Waals surface area contributed by atoms with Gasteiger partial charge < -0.3 is 15.8 Å². The van der Waals surface area contributed by atoms with Gasteiger partial charge in [-0.05, 0) is 36.1 Å². The van der Waals surface area contributed by atoms with Gasteiger partial charge >= 0.3 is 0 Å². The van der Waals surface area contributed by atoms with Gasteiger partial charge in [-0.3, -0.25) is 4.99 Å². The predicted octanol–water partition coefficient (Wildman–Crippen LogP) is 3.23. The number of guanidine groups is 1. The Morgan fingerprint density at radius 2 is 1.77 bits per heavy atom. The van der Waals surface area contributed by atoms with Crippen LogP contribution >= 0.6 is 0 Å². The van der Waals surface area contributed by atoms with E-state index in [1.807, 2.05) is 24.3 Å². The molecular weight excluding hydrogens is 274 g/mol. The Bertz CT molecular complexity index is 620. The van der Waals surface area contributed by atoms with Crippen LogP contribution in [0.3, 0.4) is 0 Å². The van der Waals surface area contributed by atoms with Crippen molar-refractivity contribution in [2.45, 2.75) is 19.8 Å². The maximum absolute atomic E-state index is 5.92. The summed E-state index contributed by atoms with van der Waals surface area (Å²) in [6.45, 7) is 2.81. The van der Waals surface area contributed by atoms with Gasteiger partial charge in [-0.25, -0.2) is 0 Å². The topological polar surface area (TPSA) is 59.6 Å². The molecule has 0 bridgehead atoms. The summed E-state index contributed by atoms with van der Waals surface area (Å²) in [4.78, 5) is 4.36. The fraction of sp³-hybridized carbons (Fsp3) is 0.278. The summed E-state index contributed by atoms with van der Waals surface area (Å²) >= 11 is 0. The zero-order valence-corrected chi connectivity index (χ0v) is 13.2. The van der Waals surface area contributed by atoms with E-state index < -0.39 is 0 Å². The monoisotopic (exact) mass is 297 g/mol. The first-order valence-electron chi connectivity index (χ1n) is 7.50. The van der Waals surface area contributed by atoms with Crippen LogP contribution in [-0.2, 0) is 12.8 Å². The summed E-state index contributed by atoms with van der Waals surface area (Å²) in [7, 11) is 1.63. The molecule has 4 nitrogen and oxygen atoms in total. The Balaban J connectivity index is 1.89. The number of para-hydroxylation sites is 2. The number of rotatable bonds is 6. The maximum atomic E-state index is 5.92. The van der Waals surface area contributed by atoms with Gasteiger partial charge in [0.1, 0.15) is 5.75 Å². The highest BCUT2D eigenvalue weighted by Crippen LogP contribution is 2.22. The number of nitrogens with zero attached hydrogens (tertiary/aromatic N) is 1. The second-order valence-electron chi connectivity index (χ2n) is 5.01. The Morgan fingerprint density at radius 3 is 2.45 bits per heavy atom. The summed E-state index contributed by atoms with van der Waals surface area (Å²) in [5, 5.41) is 3.07. The van der Waals surface area contributed by atoms with Gasteiger partial charge in [0.25, 0.3) is 0 Å². The van der Waals surface area contributed by atoms with Crippen LogP contribution in [0.1, 0.15) is 18.1 Å². The smallest absolute Gasteiger partial charge is 0.193 e. The Kier molecular flexibility index (Phi) is 5.83. The lowest BCUT2D eigenvalue weighted by atomic mass is 10.1. The molecule has 0 amide bonds. The Hall–Kier alpha value is -2.49. The molecule has 0 fully saturated rings. The van der Waals surface area contributed by atoms with Crippen LogP contribution in [0.5, 0.6) is 5.75 Å². The van der Waals surface area contributed by atoms with Gasteiger partial charge in [0.2, 0.25) is 0 Å². The van der Waals surface area contributed by atoms with Crippen molar-refractivity contribution in [3.63, 3.8) is 0 Å². The number of aliphatic imine (C=N–C) groups is 1. The molecule has 2 aromatic carbocycles. The number of aryl methyl sites for hydroxylation is 1. The molecule has 3 N–H and O–H groups in total. The lowest BCUT2D eigenvalue weighted by molar-refractivity contribution is 0.417. The van der Waals surface area contributed by atoms with Crippen LogP contribution < -0.4 is 15.8 Å². The first-order chi connectivity index (χ1) is 10.7. The number of anilines is 1. The largest absolute Gasteiger partial charge is 0.495 e. The molecule has 0 atom stereocenters. The minimum Gasteiger partial charge on any atom is -0.495 e. The molecule has 0 aromatic heterocycles. The molecule has 0 heterocycles. The quantitative estimate of drug-likeness (QED) is 0.635. The molecule has 0 aliphatic rings. The van der Waals surface area contributed by atoms with Gasteiger partial charge in [-0.2, -0.15) is 0 Å². The highest BCUT2D eigenvalue weighted by atomic mass is 16.5. The normalized spacial score (nSPS) is 11.3. The summed E-state index contributed by atoms with van der Waals surface area (Å²) in [5.41, 5.74) is 9.36. The first kappa shape index (κ1) is 15.9. The molecule has 4 heteroatoms. The average molecular weight is 297 g/mol. The molecule has 2 rings (SSSR count). The van der Waals surface area contributed by atoms with Crippen molar-refractivity contribution in [1.29, 1.82) is 0 Å². The Morgan fingerprint density at radius 1 is 1.09 bits per heavy atom. The van der Waals surface area contributed by atoms with Crippen LogP contribution in [0.2, 0.25) is 0 Å².